The van der Waals surface area contributed by atoms with Gasteiger partial charge in [0.2, 0.25) is 0 Å². The van der Waals surface area contributed by atoms with E-state index < -0.39 is 24.0 Å². The van der Waals surface area contributed by atoms with Crippen LogP contribution in [-0.2, 0) is 16.0 Å². The van der Waals surface area contributed by atoms with E-state index in [1.807, 2.05) is 49.4 Å². The fourth-order valence-electron chi connectivity index (χ4n) is 3.73. The van der Waals surface area contributed by atoms with Crippen molar-refractivity contribution in [1.82, 2.24) is 10.7 Å². The number of halogens is 2. The molecular weight excluding hydrogens is 565 g/mol. The number of hydrogen-bond acceptors (Lipinski definition) is 6. The molecule has 0 aliphatic rings. The van der Waals surface area contributed by atoms with Crippen LogP contribution >= 0.6 is 23.2 Å². The van der Waals surface area contributed by atoms with Gasteiger partial charge in [0, 0.05) is 11.4 Å². The van der Waals surface area contributed by atoms with Crippen LogP contribution in [0.3, 0.4) is 0 Å². The van der Waals surface area contributed by atoms with Crippen LogP contribution in [0.15, 0.2) is 71.8 Å². The highest BCUT2D eigenvalue weighted by Gasteiger charge is 2.25. The second kappa shape index (κ2) is 16.5. The van der Waals surface area contributed by atoms with Gasteiger partial charge in [0.1, 0.15) is 11.8 Å². The Labute approximate surface area is 251 Å². The summed E-state index contributed by atoms with van der Waals surface area (Å²) in [6, 6.07) is 18.6. The number of unbranched alkanes of at least 4 members (excludes halogenated alkanes) is 1. The van der Waals surface area contributed by atoms with Crippen LogP contribution in [0.4, 0.5) is 0 Å². The van der Waals surface area contributed by atoms with Crippen LogP contribution in [0.2, 0.25) is 10.0 Å². The van der Waals surface area contributed by atoms with Crippen molar-refractivity contribution < 1.29 is 23.8 Å². The molecule has 2 N–H and O–H groups in total. The quantitative estimate of drug-likeness (QED) is 0.123. The van der Waals surface area contributed by atoms with Crippen molar-refractivity contribution >= 4 is 41.2 Å². The molecule has 0 aliphatic heterocycles. The first-order valence-corrected chi connectivity index (χ1v) is 14.2. The summed E-state index contributed by atoms with van der Waals surface area (Å²) in [7, 11) is 0. The van der Waals surface area contributed by atoms with Gasteiger partial charge in [-0.05, 0) is 67.8 Å². The summed E-state index contributed by atoms with van der Waals surface area (Å²) >= 11 is 12.1. The standard InChI is InChI=1S/C31H35Cl2N3O5/c1-4-6-16-40-28-14-12-23(18-29(28)39-5-2)20-34-36-31(38)26(17-22-10-8-7-9-11-22)35-30(37)21(3)41-27-15-13-24(32)19-25(27)33/h7-15,18-21,26H,4-6,16-17H2,1-3H3,(H,35,37)(H,36,38)/b34-20-/t21-,26+/m0/s1. The fraction of sp³-hybridized carbons (Fsp3) is 0.323. The van der Waals surface area contributed by atoms with Gasteiger partial charge in [-0.3, -0.25) is 9.59 Å². The largest absolute Gasteiger partial charge is 0.490 e. The number of benzene rings is 3. The highest BCUT2D eigenvalue weighted by atomic mass is 35.5. The van der Waals surface area contributed by atoms with Crippen LogP contribution < -0.4 is 25.0 Å². The summed E-state index contributed by atoms with van der Waals surface area (Å²) in [5, 5.41) is 7.61. The average molecular weight is 601 g/mol. The monoisotopic (exact) mass is 599 g/mol. The zero-order chi connectivity index (χ0) is 29.6. The van der Waals surface area contributed by atoms with E-state index in [1.54, 1.807) is 25.1 Å². The van der Waals surface area contributed by atoms with E-state index in [0.29, 0.717) is 41.0 Å². The molecule has 0 saturated heterocycles. The van der Waals surface area contributed by atoms with E-state index in [-0.39, 0.29) is 11.4 Å². The van der Waals surface area contributed by atoms with Gasteiger partial charge in [0.05, 0.1) is 24.5 Å². The summed E-state index contributed by atoms with van der Waals surface area (Å²) in [5.74, 6) is 0.586. The lowest BCUT2D eigenvalue weighted by Gasteiger charge is -2.21. The molecule has 218 valence electrons. The maximum atomic E-state index is 13.2. The van der Waals surface area contributed by atoms with Crippen LogP contribution in [0, 0.1) is 0 Å². The minimum absolute atomic E-state index is 0.251. The van der Waals surface area contributed by atoms with Crippen LogP contribution in [-0.4, -0.2) is 43.4 Å². The minimum Gasteiger partial charge on any atom is -0.490 e. The first kappa shape index (κ1) is 31.8. The highest BCUT2D eigenvalue weighted by Crippen LogP contribution is 2.29. The number of ether oxygens (including phenoxy) is 3. The molecule has 10 heteroatoms. The van der Waals surface area contributed by atoms with Gasteiger partial charge in [-0.2, -0.15) is 5.10 Å². The molecule has 3 rings (SSSR count). The summed E-state index contributed by atoms with van der Waals surface area (Å²) in [6.07, 6.45) is 2.80. The van der Waals surface area contributed by atoms with Crippen molar-refractivity contribution in [1.29, 1.82) is 0 Å². The van der Waals surface area contributed by atoms with Crippen molar-refractivity contribution in [2.75, 3.05) is 13.2 Å². The second-order valence-corrected chi connectivity index (χ2v) is 10.0. The Balaban J connectivity index is 1.69. The molecule has 3 aromatic rings. The smallest absolute Gasteiger partial charge is 0.262 e. The van der Waals surface area contributed by atoms with E-state index in [9.17, 15) is 9.59 Å². The Morgan fingerprint density at radius 3 is 2.39 bits per heavy atom. The first-order chi connectivity index (χ1) is 19.8. The third kappa shape index (κ3) is 10.3. The molecule has 0 fully saturated rings. The van der Waals surface area contributed by atoms with Crippen molar-refractivity contribution in [3.63, 3.8) is 0 Å². The van der Waals surface area contributed by atoms with E-state index in [4.69, 9.17) is 37.4 Å². The summed E-state index contributed by atoms with van der Waals surface area (Å²) in [6.45, 7) is 6.65. The molecule has 0 aromatic heterocycles. The Morgan fingerprint density at radius 2 is 1.68 bits per heavy atom. The van der Waals surface area contributed by atoms with Gasteiger partial charge in [-0.1, -0.05) is 66.9 Å². The third-order valence-corrected chi connectivity index (χ3v) is 6.42. The molecule has 0 bridgehead atoms. The van der Waals surface area contributed by atoms with E-state index in [2.05, 4.69) is 22.8 Å². The highest BCUT2D eigenvalue weighted by molar-refractivity contribution is 6.35. The molecule has 2 atom stereocenters. The van der Waals surface area contributed by atoms with Gasteiger partial charge in [0.25, 0.3) is 11.8 Å². The van der Waals surface area contributed by atoms with E-state index in [0.717, 1.165) is 18.4 Å². The number of nitrogens with one attached hydrogen (secondary N) is 2. The lowest BCUT2D eigenvalue weighted by Crippen LogP contribution is -2.50. The molecular formula is C31H35Cl2N3O5. The molecule has 0 saturated carbocycles. The summed E-state index contributed by atoms with van der Waals surface area (Å²) in [4.78, 5) is 26.2. The Bertz CT molecular complexity index is 1320. The van der Waals surface area contributed by atoms with Crippen molar-refractivity contribution in [3.05, 3.63) is 87.9 Å². The lowest BCUT2D eigenvalue weighted by atomic mass is 10.1. The molecule has 41 heavy (non-hydrogen) atoms. The molecule has 0 aliphatic carbocycles. The van der Waals surface area contributed by atoms with Gasteiger partial charge in [-0.15, -0.1) is 0 Å². The van der Waals surface area contributed by atoms with Crippen molar-refractivity contribution in [2.45, 2.75) is 52.2 Å². The number of carbonyl (C=O) groups excluding carboxylic acids is 2. The molecule has 0 unspecified atom stereocenters. The summed E-state index contributed by atoms with van der Waals surface area (Å²) in [5.41, 5.74) is 4.11. The van der Waals surface area contributed by atoms with Gasteiger partial charge >= 0.3 is 0 Å². The molecule has 0 spiro atoms. The van der Waals surface area contributed by atoms with Crippen molar-refractivity contribution in [2.24, 2.45) is 5.10 Å². The molecule has 3 aromatic carbocycles. The van der Waals surface area contributed by atoms with Gasteiger partial charge < -0.3 is 19.5 Å². The number of hydrazone groups is 1. The maximum Gasteiger partial charge on any atom is 0.262 e. The Kier molecular flexibility index (Phi) is 12.8. The minimum atomic E-state index is -0.932. The van der Waals surface area contributed by atoms with Gasteiger partial charge in [0.15, 0.2) is 17.6 Å². The molecule has 0 heterocycles. The van der Waals surface area contributed by atoms with Crippen LogP contribution in [0.1, 0.15) is 44.7 Å². The molecule has 8 nitrogen and oxygen atoms in total. The number of rotatable bonds is 15. The Hall–Kier alpha value is -3.75. The topological polar surface area (TPSA) is 98.2 Å². The lowest BCUT2D eigenvalue weighted by molar-refractivity contribution is -0.132. The van der Waals surface area contributed by atoms with E-state index >= 15 is 0 Å². The third-order valence-electron chi connectivity index (χ3n) is 5.89. The predicted octanol–water partition coefficient (Wildman–Crippen LogP) is 6.22. The number of nitrogens with zero attached hydrogens (tertiary/aromatic N) is 1. The number of hydrogen-bond donors (Lipinski definition) is 2. The van der Waals surface area contributed by atoms with E-state index in [1.165, 1.54) is 12.3 Å². The fourth-order valence-corrected chi connectivity index (χ4v) is 4.18. The maximum absolute atomic E-state index is 13.2. The zero-order valence-corrected chi connectivity index (χ0v) is 24.9. The second-order valence-electron chi connectivity index (χ2n) is 9.16. The molecule has 0 radical (unpaired) electrons. The normalized spacial score (nSPS) is 12.4. The SMILES string of the molecule is CCCCOc1ccc(/C=N\NC(=O)[C@@H](Cc2ccccc2)NC(=O)[C@H](C)Oc2ccc(Cl)cc2Cl)cc1OCC. The Morgan fingerprint density at radius 1 is 0.927 bits per heavy atom. The molecule has 2 amide bonds. The first-order valence-electron chi connectivity index (χ1n) is 13.5. The van der Waals surface area contributed by atoms with Crippen LogP contribution in [0.5, 0.6) is 17.2 Å². The van der Waals surface area contributed by atoms with Gasteiger partial charge in [-0.25, -0.2) is 5.43 Å². The average Bonchev–Trinajstić information content (AvgIpc) is 2.96. The zero-order valence-electron chi connectivity index (χ0n) is 23.4. The predicted molar refractivity (Wildman–Crippen MR) is 162 cm³/mol. The van der Waals surface area contributed by atoms with Crippen LogP contribution in [0.25, 0.3) is 0 Å². The summed E-state index contributed by atoms with van der Waals surface area (Å²) < 4.78 is 17.2. The number of amides is 2. The van der Waals surface area contributed by atoms with Crippen molar-refractivity contribution in [3.8, 4) is 17.2 Å². The number of carbonyl (C=O) groups is 2.